The zero-order chi connectivity index (χ0) is 26.4. The smallest absolute Gasteiger partial charge is 0.252 e. The molecule has 200 valence electrons. The van der Waals surface area contributed by atoms with Gasteiger partial charge in [-0.3, -0.25) is 19.8 Å². The Kier molecular flexibility index (Phi) is 7.93. The Hall–Kier alpha value is -3.62. The minimum absolute atomic E-state index is 0.00120. The number of ether oxygens (including phenoxy) is 1. The molecule has 2 N–H and O–H groups in total. The van der Waals surface area contributed by atoms with Crippen molar-refractivity contribution in [2.75, 3.05) is 26.2 Å². The van der Waals surface area contributed by atoms with Crippen LogP contribution in [0.2, 0.25) is 0 Å². The monoisotopic (exact) mass is 539 g/mol. The second-order valence-corrected chi connectivity index (χ2v) is 11.3. The quantitative estimate of drug-likeness (QED) is 0.256. The van der Waals surface area contributed by atoms with Crippen LogP contribution >= 0.6 is 11.8 Å². The average molecular weight is 540 g/mol. The normalized spacial score (nSPS) is 16.1. The maximum Gasteiger partial charge on any atom is 0.252 e. The Morgan fingerprint density at radius 3 is 2.77 bits per heavy atom. The van der Waals surface area contributed by atoms with Crippen LogP contribution < -0.4 is 10.1 Å². The van der Waals surface area contributed by atoms with Gasteiger partial charge in [-0.25, -0.2) is 0 Å². The fourth-order valence-electron chi connectivity index (χ4n) is 4.79. The molecule has 0 spiro atoms. The first-order chi connectivity index (χ1) is 19.2. The molecule has 3 heterocycles. The summed E-state index contributed by atoms with van der Waals surface area (Å²) in [7, 11) is 0. The summed E-state index contributed by atoms with van der Waals surface area (Å²) in [6, 6.07) is 18.3. The highest BCUT2D eigenvalue weighted by molar-refractivity contribution is 7.99. The van der Waals surface area contributed by atoms with Gasteiger partial charge in [0.15, 0.2) is 0 Å². The summed E-state index contributed by atoms with van der Waals surface area (Å²) in [5.74, 6) is 0.798. The number of likely N-dealkylation sites (tertiary alicyclic amines) is 1. The van der Waals surface area contributed by atoms with E-state index >= 15 is 0 Å². The summed E-state index contributed by atoms with van der Waals surface area (Å²) in [6.07, 6.45) is 11.8. The molecule has 6 rings (SSSR count). The van der Waals surface area contributed by atoms with Gasteiger partial charge in [0.1, 0.15) is 12.4 Å². The van der Waals surface area contributed by atoms with Gasteiger partial charge in [0, 0.05) is 27.8 Å². The number of aromatic nitrogens is 3. The molecule has 2 aliphatic rings. The zero-order valence-electron chi connectivity index (χ0n) is 21.9. The number of nitrogens with one attached hydrogen (secondary N) is 2. The molecule has 39 heavy (non-hydrogen) atoms. The molecule has 0 bridgehead atoms. The lowest BCUT2D eigenvalue weighted by Crippen LogP contribution is -2.33. The van der Waals surface area contributed by atoms with Crippen molar-refractivity contribution in [3.05, 3.63) is 77.7 Å². The summed E-state index contributed by atoms with van der Waals surface area (Å²) in [5, 5.41) is 11.8. The first-order valence-corrected chi connectivity index (χ1v) is 14.6. The van der Waals surface area contributed by atoms with Crippen LogP contribution in [0.4, 0.5) is 0 Å². The third-order valence-electron chi connectivity index (χ3n) is 7.13. The van der Waals surface area contributed by atoms with Crippen LogP contribution in [0.3, 0.4) is 0 Å². The number of hydrogen-bond acceptors (Lipinski definition) is 6. The predicted octanol–water partition coefficient (Wildman–Crippen LogP) is 6.04. The first kappa shape index (κ1) is 25.6. The summed E-state index contributed by atoms with van der Waals surface area (Å²) in [5.41, 5.74) is 3.37. The predicted molar refractivity (Wildman–Crippen MR) is 156 cm³/mol. The van der Waals surface area contributed by atoms with Crippen LogP contribution in [0, 0.1) is 0 Å². The van der Waals surface area contributed by atoms with E-state index < -0.39 is 0 Å². The SMILES string of the molecule is O=C(NC1CC1)c1ccccc1Sc1ccc2c(/C=C/c3ccc(OCCN4CCCCC4)cn3)n[nH]c2c1. The van der Waals surface area contributed by atoms with Crippen LogP contribution in [0.5, 0.6) is 5.75 Å². The number of rotatable bonds is 10. The lowest BCUT2D eigenvalue weighted by Gasteiger charge is -2.26. The molecule has 2 fully saturated rings. The van der Waals surface area contributed by atoms with Gasteiger partial charge in [0.05, 0.1) is 28.7 Å². The van der Waals surface area contributed by atoms with E-state index in [4.69, 9.17) is 4.74 Å². The first-order valence-electron chi connectivity index (χ1n) is 13.8. The number of benzene rings is 2. The Morgan fingerprint density at radius 2 is 1.95 bits per heavy atom. The van der Waals surface area contributed by atoms with Gasteiger partial charge in [-0.1, -0.05) is 30.3 Å². The summed E-state index contributed by atoms with van der Waals surface area (Å²) < 4.78 is 5.90. The Balaban J connectivity index is 1.07. The topological polar surface area (TPSA) is 83.1 Å². The van der Waals surface area contributed by atoms with Gasteiger partial charge < -0.3 is 10.1 Å². The number of H-pyrrole nitrogens is 1. The molecule has 4 aromatic rings. The third kappa shape index (κ3) is 6.69. The highest BCUT2D eigenvalue weighted by atomic mass is 32.2. The molecule has 8 heteroatoms. The number of amides is 1. The number of carbonyl (C=O) groups excluding carboxylic acids is 1. The van der Waals surface area contributed by atoms with Gasteiger partial charge in [0.25, 0.3) is 5.91 Å². The molecular weight excluding hydrogens is 506 g/mol. The largest absolute Gasteiger partial charge is 0.491 e. The van der Waals surface area contributed by atoms with Crippen molar-refractivity contribution in [1.82, 2.24) is 25.4 Å². The van der Waals surface area contributed by atoms with Crippen LogP contribution in [-0.4, -0.2) is 58.3 Å². The number of nitrogens with zero attached hydrogens (tertiary/aromatic N) is 3. The molecule has 2 aromatic carbocycles. The van der Waals surface area contributed by atoms with E-state index in [0.717, 1.165) is 57.2 Å². The lowest BCUT2D eigenvalue weighted by atomic mass is 10.1. The molecule has 1 saturated heterocycles. The van der Waals surface area contributed by atoms with E-state index in [1.54, 1.807) is 18.0 Å². The Morgan fingerprint density at radius 1 is 1.08 bits per heavy atom. The second-order valence-electron chi connectivity index (χ2n) is 10.2. The highest BCUT2D eigenvalue weighted by Crippen LogP contribution is 2.33. The average Bonchev–Trinajstić information content (AvgIpc) is 3.70. The van der Waals surface area contributed by atoms with Gasteiger partial charge in [0.2, 0.25) is 0 Å². The van der Waals surface area contributed by atoms with Crippen molar-refractivity contribution in [3.63, 3.8) is 0 Å². The van der Waals surface area contributed by atoms with Gasteiger partial charge in [-0.2, -0.15) is 5.10 Å². The standard InChI is InChI=1S/C31H33N5O2S/c37-31(33-23-8-9-23)27-6-2-3-7-30(27)39-25-13-14-26-28(34-35-29(26)20-25)15-11-22-10-12-24(21-32-22)38-19-18-36-16-4-1-5-17-36/h2-3,6-7,10-15,20-21,23H,1,4-5,8-9,16-19H2,(H,33,37)(H,34,35)/b15-11+. The molecule has 1 aliphatic carbocycles. The van der Waals surface area contributed by atoms with E-state index in [-0.39, 0.29) is 5.91 Å². The Labute approximate surface area is 233 Å². The maximum atomic E-state index is 12.7. The van der Waals surface area contributed by atoms with Crippen molar-refractivity contribution in [2.24, 2.45) is 0 Å². The van der Waals surface area contributed by atoms with E-state index in [0.29, 0.717) is 18.2 Å². The molecule has 0 unspecified atom stereocenters. The number of aromatic amines is 1. The second kappa shape index (κ2) is 12.1. The maximum absolute atomic E-state index is 12.7. The van der Waals surface area contributed by atoms with Gasteiger partial charge >= 0.3 is 0 Å². The summed E-state index contributed by atoms with van der Waals surface area (Å²) in [4.78, 5) is 21.7. The van der Waals surface area contributed by atoms with E-state index in [1.807, 2.05) is 48.6 Å². The molecular formula is C31H33N5O2S. The lowest BCUT2D eigenvalue weighted by molar-refractivity contribution is 0.0948. The number of pyridine rings is 1. The zero-order valence-corrected chi connectivity index (χ0v) is 22.8. The molecule has 1 amide bonds. The Bertz CT molecular complexity index is 1460. The minimum atomic E-state index is 0.00120. The molecule has 0 radical (unpaired) electrons. The van der Waals surface area contributed by atoms with E-state index in [9.17, 15) is 4.79 Å². The number of carbonyl (C=O) groups is 1. The molecule has 2 aromatic heterocycles. The summed E-state index contributed by atoms with van der Waals surface area (Å²) in [6.45, 7) is 4.02. The van der Waals surface area contributed by atoms with E-state index in [2.05, 4.69) is 43.6 Å². The van der Waals surface area contributed by atoms with Crippen molar-refractivity contribution >= 4 is 40.7 Å². The summed E-state index contributed by atoms with van der Waals surface area (Å²) >= 11 is 1.59. The number of hydrogen-bond donors (Lipinski definition) is 2. The number of fused-ring (bicyclic) bond motifs is 1. The van der Waals surface area contributed by atoms with Crippen molar-refractivity contribution in [2.45, 2.75) is 47.9 Å². The van der Waals surface area contributed by atoms with E-state index in [1.165, 1.54) is 32.4 Å². The fourth-order valence-corrected chi connectivity index (χ4v) is 5.77. The molecule has 0 atom stereocenters. The van der Waals surface area contributed by atoms with Gasteiger partial charge in [-0.05, 0) is 93.4 Å². The van der Waals surface area contributed by atoms with Crippen LogP contribution in [-0.2, 0) is 0 Å². The third-order valence-corrected chi connectivity index (χ3v) is 8.20. The molecule has 7 nitrogen and oxygen atoms in total. The van der Waals surface area contributed by atoms with Crippen molar-refractivity contribution in [1.29, 1.82) is 0 Å². The number of piperidine rings is 1. The van der Waals surface area contributed by atoms with Gasteiger partial charge in [-0.15, -0.1) is 0 Å². The van der Waals surface area contributed by atoms with Crippen LogP contribution in [0.25, 0.3) is 23.1 Å². The molecule has 1 saturated carbocycles. The highest BCUT2D eigenvalue weighted by Gasteiger charge is 2.25. The molecule has 1 aliphatic heterocycles. The van der Waals surface area contributed by atoms with Crippen molar-refractivity contribution < 1.29 is 9.53 Å². The van der Waals surface area contributed by atoms with Crippen LogP contribution in [0.15, 0.2) is 70.6 Å². The fraction of sp³-hybridized carbons (Fsp3) is 0.323. The van der Waals surface area contributed by atoms with Crippen LogP contribution in [0.1, 0.15) is 53.8 Å². The van der Waals surface area contributed by atoms with Crippen molar-refractivity contribution in [3.8, 4) is 5.75 Å². The minimum Gasteiger partial charge on any atom is -0.491 e.